The molecule has 0 spiro atoms. The highest BCUT2D eigenvalue weighted by atomic mass is 16.5. The third kappa shape index (κ3) is 4.70. The van der Waals surface area contributed by atoms with Gasteiger partial charge >= 0.3 is 0 Å². The summed E-state index contributed by atoms with van der Waals surface area (Å²) in [6.45, 7) is 3.63. The van der Waals surface area contributed by atoms with E-state index in [2.05, 4.69) is 12.1 Å². The van der Waals surface area contributed by atoms with Crippen molar-refractivity contribution in [3.8, 4) is 0 Å². The molecule has 2 heterocycles. The normalized spacial score (nSPS) is 24.1. The monoisotopic (exact) mass is 370 g/mol. The van der Waals surface area contributed by atoms with Gasteiger partial charge in [0.05, 0.1) is 12.7 Å². The maximum Gasteiger partial charge on any atom is 0.225 e. The van der Waals surface area contributed by atoms with Crippen LogP contribution in [0.5, 0.6) is 0 Å². The van der Waals surface area contributed by atoms with Crippen molar-refractivity contribution in [3.05, 3.63) is 35.9 Å². The molecule has 0 N–H and O–H groups in total. The van der Waals surface area contributed by atoms with Crippen LogP contribution in [0.15, 0.2) is 30.3 Å². The van der Waals surface area contributed by atoms with Crippen LogP contribution in [-0.4, -0.2) is 53.9 Å². The highest BCUT2D eigenvalue weighted by Gasteiger charge is 2.37. The third-order valence-electron chi connectivity index (χ3n) is 6.10. The largest absolute Gasteiger partial charge is 0.372 e. The minimum atomic E-state index is 0.0705. The number of hydrogen-bond donors (Lipinski definition) is 0. The first-order valence-electron chi connectivity index (χ1n) is 10.4. The Bertz CT molecular complexity index is 651. The van der Waals surface area contributed by atoms with Crippen molar-refractivity contribution < 1.29 is 14.3 Å². The van der Waals surface area contributed by atoms with Crippen molar-refractivity contribution in [3.63, 3.8) is 0 Å². The summed E-state index contributed by atoms with van der Waals surface area (Å²) in [6, 6.07) is 10.2. The molecule has 1 aliphatic carbocycles. The number of hydrogen-bond acceptors (Lipinski definition) is 3. The van der Waals surface area contributed by atoms with Crippen LogP contribution in [0.1, 0.15) is 44.1 Å². The topological polar surface area (TPSA) is 49.9 Å². The Hall–Kier alpha value is -1.88. The average Bonchev–Trinajstić information content (AvgIpc) is 3.58. The van der Waals surface area contributed by atoms with Crippen molar-refractivity contribution >= 4 is 11.8 Å². The van der Waals surface area contributed by atoms with Gasteiger partial charge in [0, 0.05) is 38.0 Å². The molecule has 3 aliphatic rings. The highest BCUT2D eigenvalue weighted by molar-refractivity contribution is 5.82. The number of likely N-dealkylation sites (tertiary alicyclic amines) is 2. The molecular weight excluding hydrogens is 340 g/mol. The SMILES string of the molecule is O=C(C1CC1)N1CCC(C(=O)N2CCC[C@@H](OCc3ccccc3)C2)CC1. The van der Waals surface area contributed by atoms with E-state index >= 15 is 0 Å². The fourth-order valence-electron chi connectivity index (χ4n) is 4.26. The Morgan fingerprint density at radius 1 is 0.852 bits per heavy atom. The standard InChI is InChI=1S/C22H30N2O3/c25-21(18-8-9-18)23-13-10-19(11-14-23)22(26)24-12-4-7-20(15-24)27-16-17-5-2-1-3-6-17/h1-3,5-6,18-20H,4,7-16H2/t20-/m1/s1. The molecule has 2 aliphatic heterocycles. The van der Waals surface area contributed by atoms with Crippen LogP contribution in [0, 0.1) is 11.8 Å². The summed E-state index contributed by atoms with van der Waals surface area (Å²) in [7, 11) is 0. The summed E-state index contributed by atoms with van der Waals surface area (Å²) in [6.07, 6.45) is 5.87. The molecule has 0 unspecified atom stereocenters. The fraction of sp³-hybridized carbons (Fsp3) is 0.636. The maximum atomic E-state index is 13.0. The van der Waals surface area contributed by atoms with Gasteiger partial charge in [-0.05, 0) is 44.1 Å². The van der Waals surface area contributed by atoms with Crippen molar-refractivity contribution in [2.45, 2.75) is 51.2 Å². The van der Waals surface area contributed by atoms with Crippen molar-refractivity contribution in [2.75, 3.05) is 26.2 Å². The van der Waals surface area contributed by atoms with Crippen LogP contribution in [0.25, 0.3) is 0 Å². The second kappa shape index (κ2) is 8.42. The molecule has 3 fully saturated rings. The van der Waals surface area contributed by atoms with Gasteiger partial charge in [-0.25, -0.2) is 0 Å². The van der Waals surface area contributed by atoms with E-state index < -0.39 is 0 Å². The van der Waals surface area contributed by atoms with Gasteiger partial charge in [-0.15, -0.1) is 0 Å². The van der Waals surface area contributed by atoms with Crippen LogP contribution in [0.2, 0.25) is 0 Å². The predicted molar refractivity (Wildman–Crippen MR) is 103 cm³/mol. The molecule has 1 aromatic rings. The Morgan fingerprint density at radius 2 is 1.52 bits per heavy atom. The van der Waals surface area contributed by atoms with Crippen LogP contribution in [0.3, 0.4) is 0 Å². The Morgan fingerprint density at radius 3 is 2.22 bits per heavy atom. The van der Waals surface area contributed by atoms with Gasteiger partial charge in [-0.3, -0.25) is 9.59 Å². The summed E-state index contributed by atoms with van der Waals surface area (Å²) < 4.78 is 6.07. The zero-order valence-corrected chi connectivity index (χ0v) is 16.0. The van der Waals surface area contributed by atoms with Crippen LogP contribution in [0.4, 0.5) is 0 Å². The maximum absolute atomic E-state index is 13.0. The molecule has 1 atom stereocenters. The molecule has 0 aromatic heterocycles. The first kappa shape index (κ1) is 18.5. The first-order chi connectivity index (χ1) is 13.2. The van der Waals surface area contributed by atoms with E-state index in [1.54, 1.807) is 0 Å². The third-order valence-corrected chi connectivity index (χ3v) is 6.10. The van der Waals surface area contributed by atoms with Crippen molar-refractivity contribution in [2.24, 2.45) is 11.8 Å². The smallest absolute Gasteiger partial charge is 0.225 e. The first-order valence-corrected chi connectivity index (χ1v) is 10.4. The Labute approximate surface area is 161 Å². The van der Waals surface area contributed by atoms with Gasteiger partial charge in [-0.2, -0.15) is 0 Å². The molecule has 0 bridgehead atoms. The molecule has 0 radical (unpaired) electrons. The molecule has 4 rings (SSSR count). The average molecular weight is 370 g/mol. The second-order valence-electron chi connectivity index (χ2n) is 8.22. The lowest BCUT2D eigenvalue weighted by atomic mass is 9.94. The molecule has 5 heteroatoms. The molecule has 146 valence electrons. The molecule has 1 aromatic carbocycles. The lowest BCUT2D eigenvalue weighted by Gasteiger charge is -2.37. The number of amides is 2. The van der Waals surface area contributed by atoms with Gasteiger partial charge in [0.2, 0.25) is 11.8 Å². The van der Waals surface area contributed by atoms with Gasteiger partial charge in [0.25, 0.3) is 0 Å². The quantitative estimate of drug-likeness (QED) is 0.801. The number of piperidine rings is 2. The van der Waals surface area contributed by atoms with Crippen LogP contribution < -0.4 is 0 Å². The van der Waals surface area contributed by atoms with E-state index in [4.69, 9.17) is 4.74 Å². The summed E-state index contributed by atoms with van der Waals surface area (Å²) in [5, 5.41) is 0. The highest BCUT2D eigenvalue weighted by Crippen LogP contribution is 2.33. The van der Waals surface area contributed by atoms with E-state index in [-0.39, 0.29) is 23.8 Å². The molecule has 2 amide bonds. The van der Waals surface area contributed by atoms with E-state index in [1.807, 2.05) is 28.0 Å². The zero-order chi connectivity index (χ0) is 18.6. The lowest BCUT2D eigenvalue weighted by Crippen LogP contribution is -2.48. The lowest BCUT2D eigenvalue weighted by molar-refractivity contribution is -0.144. The van der Waals surface area contributed by atoms with Crippen LogP contribution >= 0.6 is 0 Å². The van der Waals surface area contributed by atoms with E-state index in [9.17, 15) is 9.59 Å². The summed E-state index contributed by atoms with van der Waals surface area (Å²) in [5.41, 5.74) is 1.17. The molecule has 2 saturated heterocycles. The van der Waals surface area contributed by atoms with Crippen LogP contribution in [-0.2, 0) is 20.9 Å². The summed E-state index contributed by atoms with van der Waals surface area (Å²) in [5.74, 6) is 0.928. The minimum Gasteiger partial charge on any atom is -0.372 e. The van der Waals surface area contributed by atoms with E-state index in [0.29, 0.717) is 19.1 Å². The molecule has 1 saturated carbocycles. The Kier molecular flexibility index (Phi) is 5.77. The molecular formula is C22H30N2O3. The fourth-order valence-corrected chi connectivity index (χ4v) is 4.26. The number of rotatable bonds is 5. The second-order valence-corrected chi connectivity index (χ2v) is 8.22. The predicted octanol–water partition coefficient (Wildman–Crippen LogP) is 2.84. The van der Waals surface area contributed by atoms with E-state index in [1.165, 1.54) is 5.56 Å². The summed E-state index contributed by atoms with van der Waals surface area (Å²) >= 11 is 0. The molecule has 5 nitrogen and oxygen atoms in total. The van der Waals surface area contributed by atoms with Gasteiger partial charge in [-0.1, -0.05) is 30.3 Å². The van der Waals surface area contributed by atoms with Crippen molar-refractivity contribution in [1.82, 2.24) is 9.80 Å². The Balaban J connectivity index is 1.24. The van der Waals surface area contributed by atoms with Gasteiger partial charge in [0.1, 0.15) is 0 Å². The number of nitrogens with zero attached hydrogens (tertiary/aromatic N) is 2. The zero-order valence-electron chi connectivity index (χ0n) is 16.0. The van der Waals surface area contributed by atoms with Gasteiger partial charge in [0.15, 0.2) is 0 Å². The number of carbonyl (C=O) groups is 2. The number of carbonyl (C=O) groups excluding carboxylic acids is 2. The molecule has 27 heavy (non-hydrogen) atoms. The summed E-state index contributed by atoms with van der Waals surface area (Å²) in [4.78, 5) is 29.1. The van der Waals surface area contributed by atoms with Gasteiger partial charge < -0.3 is 14.5 Å². The number of ether oxygens (including phenoxy) is 1. The minimum absolute atomic E-state index is 0.0705. The number of benzene rings is 1. The van der Waals surface area contributed by atoms with E-state index in [0.717, 1.165) is 58.2 Å². The van der Waals surface area contributed by atoms with Crippen molar-refractivity contribution in [1.29, 1.82) is 0 Å².